The lowest BCUT2D eigenvalue weighted by molar-refractivity contribution is -0.124. The van der Waals surface area contributed by atoms with Gasteiger partial charge in [-0.2, -0.15) is 0 Å². The summed E-state index contributed by atoms with van der Waals surface area (Å²) in [5, 5.41) is 5.46. The van der Waals surface area contributed by atoms with Gasteiger partial charge in [0.15, 0.2) is 5.11 Å². The summed E-state index contributed by atoms with van der Waals surface area (Å²) < 4.78 is 12.8. The van der Waals surface area contributed by atoms with Gasteiger partial charge in [-0.15, -0.1) is 0 Å². The lowest BCUT2D eigenvalue weighted by Crippen LogP contribution is -2.56. The Labute approximate surface area is 145 Å². The smallest absolute Gasteiger partial charge is 0.312 e. The van der Waals surface area contributed by atoms with E-state index in [2.05, 4.69) is 21.5 Å². The minimum Gasteiger partial charge on any atom is -0.357 e. The van der Waals surface area contributed by atoms with Crippen molar-refractivity contribution in [1.82, 2.24) is 21.5 Å². The molecule has 0 heterocycles. The molecule has 0 saturated carbocycles. The van der Waals surface area contributed by atoms with Crippen LogP contribution in [0.15, 0.2) is 24.3 Å². The van der Waals surface area contributed by atoms with Crippen molar-refractivity contribution in [1.29, 1.82) is 0 Å². The van der Waals surface area contributed by atoms with Crippen molar-refractivity contribution in [2.24, 2.45) is 11.7 Å². The number of hydrogen-bond acceptors (Lipinski definition) is 3. The van der Waals surface area contributed by atoms with Crippen LogP contribution in [0, 0.1) is 11.7 Å². The van der Waals surface area contributed by atoms with Crippen LogP contribution in [-0.2, 0) is 11.3 Å². The SMILES string of the molecule is CC[C@H](C)[C@H](NC(N)=O)C(=O)NNC(=S)NCc1ccc(F)cc1. The molecular formula is C15H22FN5O2S. The van der Waals surface area contributed by atoms with Crippen molar-refractivity contribution < 1.29 is 14.0 Å². The summed E-state index contributed by atoms with van der Waals surface area (Å²) in [6, 6.07) is 4.41. The van der Waals surface area contributed by atoms with Crippen LogP contribution in [0.4, 0.5) is 9.18 Å². The van der Waals surface area contributed by atoms with Crippen LogP contribution in [0.5, 0.6) is 0 Å². The van der Waals surface area contributed by atoms with Crippen molar-refractivity contribution in [3.63, 3.8) is 0 Å². The number of urea groups is 1. The zero-order chi connectivity index (χ0) is 18.1. The Morgan fingerprint density at radius 1 is 1.25 bits per heavy atom. The molecule has 1 aromatic carbocycles. The van der Waals surface area contributed by atoms with Crippen LogP contribution < -0.4 is 27.2 Å². The Morgan fingerprint density at radius 3 is 2.42 bits per heavy atom. The van der Waals surface area contributed by atoms with E-state index in [1.807, 2.05) is 13.8 Å². The molecule has 0 saturated heterocycles. The van der Waals surface area contributed by atoms with E-state index >= 15 is 0 Å². The summed E-state index contributed by atoms with van der Waals surface area (Å²) >= 11 is 5.04. The third kappa shape index (κ3) is 6.78. The Bertz CT molecular complexity index is 582. The van der Waals surface area contributed by atoms with Gasteiger partial charge >= 0.3 is 6.03 Å². The summed E-state index contributed by atoms with van der Waals surface area (Å²) in [6.07, 6.45) is 0.686. The minimum atomic E-state index is -0.771. The highest BCUT2D eigenvalue weighted by Gasteiger charge is 2.25. The van der Waals surface area contributed by atoms with Crippen LogP contribution in [0.3, 0.4) is 0 Å². The molecule has 0 unspecified atom stereocenters. The second-order valence-corrected chi connectivity index (χ2v) is 5.70. The predicted octanol–water partition coefficient (Wildman–Crippen LogP) is 0.904. The number of halogens is 1. The van der Waals surface area contributed by atoms with Gasteiger partial charge in [-0.05, 0) is 35.8 Å². The number of carbonyl (C=O) groups is 2. The molecule has 0 bridgehead atoms. The number of benzene rings is 1. The van der Waals surface area contributed by atoms with Gasteiger partial charge in [-0.3, -0.25) is 15.6 Å². The largest absolute Gasteiger partial charge is 0.357 e. The fourth-order valence-corrected chi connectivity index (χ4v) is 2.00. The Hall–Kier alpha value is -2.42. The average molecular weight is 355 g/mol. The van der Waals surface area contributed by atoms with Gasteiger partial charge in [0.1, 0.15) is 11.9 Å². The van der Waals surface area contributed by atoms with Gasteiger partial charge in [-0.25, -0.2) is 9.18 Å². The van der Waals surface area contributed by atoms with Gasteiger partial charge < -0.3 is 16.4 Å². The normalized spacial score (nSPS) is 12.6. The summed E-state index contributed by atoms with van der Waals surface area (Å²) in [5.74, 6) is -0.862. The summed E-state index contributed by atoms with van der Waals surface area (Å²) in [7, 11) is 0. The Morgan fingerprint density at radius 2 is 1.88 bits per heavy atom. The lowest BCUT2D eigenvalue weighted by atomic mass is 9.99. The van der Waals surface area contributed by atoms with E-state index in [0.717, 1.165) is 5.56 Å². The molecule has 0 aliphatic carbocycles. The van der Waals surface area contributed by atoms with E-state index in [1.165, 1.54) is 12.1 Å². The third-order valence-corrected chi connectivity index (χ3v) is 3.71. The highest BCUT2D eigenvalue weighted by Crippen LogP contribution is 2.07. The molecular weight excluding hydrogens is 333 g/mol. The van der Waals surface area contributed by atoms with E-state index in [9.17, 15) is 14.0 Å². The Balaban J connectivity index is 2.44. The number of primary amides is 1. The molecule has 24 heavy (non-hydrogen) atoms. The molecule has 0 aromatic heterocycles. The number of thiocarbonyl (C=S) groups is 1. The number of carbonyl (C=O) groups excluding carboxylic acids is 2. The quantitative estimate of drug-likeness (QED) is 0.385. The topological polar surface area (TPSA) is 108 Å². The van der Waals surface area contributed by atoms with Crippen molar-refractivity contribution in [2.45, 2.75) is 32.9 Å². The number of nitrogens with two attached hydrogens (primary N) is 1. The molecule has 3 amide bonds. The van der Waals surface area contributed by atoms with Crippen LogP contribution >= 0.6 is 12.2 Å². The second kappa shape index (κ2) is 9.66. The monoisotopic (exact) mass is 355 g/mol. The Kier molecular flexibility index (Phi) is 7.90. The van der Waals surface area contributed by atoms with Crippen LogP contribution in [0.2, 0.25) is 0 Å². The number of amides is 3. The molecule has 0 fully saturated rings. The standard InChI is InChI=1S/C15H22FN5O2S/c1-3-9(2)12(19-14(17)23)13(22)20-21-15(24)18-8-10-4-6-11(16)7-5-10/h4-7,9,12H,3,8H2,1-2H3,(H,20,22)(H3,17,19,23)(H2,18,21,24)/t9-,12-/m0/s1. The molecule has 132 valence electrons. The van der Waals surface area contributed by atoms with Crippen molar-refractivity contribution in [2.75, 3.05) is 0 Å². The second-order valence-electron chi connectivity index (χ2n) is 5.30. The summed E-state index contributed by atoms with van der Waals surface area (Å²) in [6.45, 7) is 4.09. The van der Waals surface area contributed by atoms with E-state index < -0.39 is 18.0 Å². The minimum absolute atomic E-state index is 0.0972. The maximum Gasteiger partial charge on any atom is 0.312 e. The zero-order valence-corrected chi connectivity index (χ0v) is 14.4. The van der Waals surface area contributed by atoms with E-state index in [0.29, 0.717) is 13.0 Å². The first-order valence-electron chi connectivity index (χ1n) is 7.47. The van der Waals surface area contributed by atoms with E-state index in [4.69, 9.17) is 18.0 Å². The molecule has 0 radical (unpaired) electrons. The van der Waals surface area contributed by atoms with Gasteiger partial charge in [0, 0.05) is 6.54 Å². The molecule has 1 aromatic rings. The first-order valence-corrected chi connectivity index (χ1v) is 7.88. The van der Waals surface area contributed by atoms with Crippen molar-refractivity contribution in [3.05, 3.63) is 35.6 Å². The average Bonchev–Trinajstić information content (AvgIpc) is 2.56. The fourth-order valence-electron chi connectivity index (χ4n) is 1.88. The molecule has 1 rings (SSSR count). The zero-order valence-electron chi connectivity index (χ0n) is 13.6. The molecule has 0 spiro atoms. The highest BCUT2D eigenvalue weighted by molar-refractivity contribution is 7.80. The van der Waals surface area contributed by atoms with Crippen LogP contribution in [0.25, 0.3) is 0 Å². The third-order valence-electron chi connectivity index (χ3n) is 3.46. The molecule has 9 heteroatoms. The van der Waals surface area contributed by atoms with Crippen molar-refractivity contribution in [3.8, 4) is 0 Å². The number of hydrazine groups is 1. The predicted molar refractivity (Wildman–Crippen MR) is 93.1 cm³/mol. The maximum absolute atomic E-state index is 12.8. The summed E-state index contributed by atoms with van der Waals surface area (Å²) in [4.78, 5) is 23.1. The molecule has 0 aliphatic heterocycles. The first-order chi connectivity index (χ1) is 11.3. The lowest BCUT2D eigenvalue weighted by Gasteiger charge is -2.23. The molecule has 0 aliphatic rings. The fraction of sp³-hybridized carbons (Fsp3) is 0.400. The number of hydrogen-bond donors (Lipinski definition) is 5. The molecule has 2 atom stereocenters. The molecule has 6 N–H and O–H groups in total. The van der Waals surface area contributed by atoms with E-state index in [-0.39, 0.29) is 16.8 Å². The van der Waals surface area contributed by atoms with Gasteiger partial charge in [-0.1, -0.05) is 32.4 Å². The van der Waals surface area contributed by atoms with Gasteiger partial charge in [0.25, 0.3) is 5.91 Å². The summed E-state index contributed by atoms with van der Waals surface area (Å²) in [5.41, 5.74) is 10.9. The maximum atomic E-state index is 12.8. The number of rotatable bonds is 6. The van der Waals surface area contributed by atoms with Crippen LogP contribution in [0.1, 0.15) is 25.8 Å². The first kappa shape index (κ1) is 19.6. The number of nitrogens with one attached hydrogen (secondary N) is 4. The molecule has 7 nitrogen and oxygen atoms in total. The van der Waals surface area contributed by atoms with Gasteiger partial charge in [0.2, 0.25) is 0 Å². The van der Waals surface area contributed by atoms with E-state index in [1.54, 1.807) is 12.1 Å². The highest BCUT2D eigenvalue weighted by atomic mass is 32.1. The van der Waals surface area contributed by atoms with Crippen molar-refractivity contribution >= 4 is 29.3 Å². The van der Waals surface area contributed by atoms with Crippen LogP contribution in [-0.4, -0.2) is 23.1 Å². The van der Waals surface area contributed by atoms with Gasteiger partial charge in [0.05, 0.1) is 0 Å².